The van der Waals surface area contributed by atoms with Gasteiger partial charge in [-0.1, -0.05) is 25.1 Å². The van der Waals surface area contributed by atoms with Gasteiger partial charge in [0, 0.05) is 37.1 Å². The summed E-state index contributed by atoms with van der Waals surface area (Å²) >= 11 is 0. The zero-order chi connectivity index (χ0) is 17.3. The van der Waals surface area contributed by atoms with Crippen molar-refractivity contribution in [1.82, 2.24) is 9.88 Å². The summed E-state index contributed by atoms with van der Waals surface area (Å²) in [6.07, 6.45) is 5.11. The number of piperidine rings is 1. The molecule has 1 aromatic heterocycles. The Morgan fingerprint density at radius 1 is 1.12 bits per heavy atom. The minimum Gasteiger partial charge on any atom is -0.356 e. The first-order chi connectivity index (χ1) is 12.2. The predicted octanol–water partition coefficient (Wildman–Crippen LogP) is 3.40. The number of fused-ring (bicyclic) bond motifs is 1. The van der Waals surface area contributed by atoms with Gasteiger partial charge in [0.1, 0.15) is 5.82 Å². The molecule has 2 N–H and O–H groups in total. The molecule has 0 amide bonds. The van der Waals surface area contributed by atoms with Crippen LogP contribution in [0.25, 0.3) is 10.9 Å². The van der Waals surface area contributed by atoms with Crippen molar-refractivity contribution in [3.63, 3.8) is 0 Å². The molecule has 1 unspecified atom stereocenters. The van der Waals surface area contributed by atoms with E-state index in [-0.39, 0.29) is 5.41 Å². The summed E-state index contributed by atoms with van der Waals surface area (Å²) in [7, 11) is 0. The van der Waals surface area contributed by atoms with E-state index < -0.39 is 0 Å². The lowest BCUT2D eigenvalue weighted by Crippen LogP contribution is -2.33. The number of pyridine rings is 1. The molecule has 1 aromatic carbocycles. The monoisotopic (exact) mass is 338 g/mol. The summed E-state index contributed by atoms with van der Waals surface area (Å²) in [5.41, 5.74) is 8.76. The van der Waals surface area contributed by atoms with Gasteiger partial charge in [0.05, 0.1) is 5.52 Å². The van der Waals surface area contributed by atoms with Crippen LogP contribution in [0.15, 0.2) is 30.3 Å². The third-order valence-electron chi connectivity index (χ3n) is 5.96. The number of likely N-dealkylation sites (tertiary alicyclic amines) is 1. The maximum Gasteiger partial charge on any atom is 0.133 e. The Kier molecular flexibility index (Phi) is 4.65. The average Bonchev–Trinajstić information content (AvgIpc) is 3.03. The quantitative estimate of drug-likeness (QED) is 0.928. The van der Waals surface area contributed by atoms with Crippen molar-refractivity contribution in [3.05, 3.63) is 35.9 Å². The van der Waals surface area contributed by atoms with Crippen LogP contribution in [-0.2, 0) is 6.54 Å². The molecule has 2 aliphatic rings. The number of nitrogens with zero attached hydrogens (tertiary/aromatic N) is 3. The standard InChI is InChI=1S/C21H30N4/c1-21(15-22)9-12-24(16-21)14-18-13-17-7-3-4-8-19(17)23-20(18)25-10-5-2-6-11-25/h3-4,7-8,13H,2,5-6,9-12,14-16,22H2,1H3. The summed E-state index contributed by atoms with van der Waals surface area (Å²) in [4.78, 5) is 10.1. The number of nitrogens with two attached hydrogens (primary N) is 1. The molecular formula is C21H30N4. The molecule has 3 heterocycles. The van der Waals surface area contributed by atoms with Crippen LogP contribution in [0.1, 0.15) is 38.2 Å². The van der Waals surface area contributed by atoms with Crippen molar-refractivity contribution in [2.75, 3.05) is 37.6 Å². The first-order valence-electron chi connectivity index (χ1n) is 9.73. The molecule has 0 aliphatic carbocycles. The minimum atomic E-state index is 0.273. The van der Waals surface area contributed by atoms with Crippen LogP contribution in [-0.4, -0.2) is 42.6 Å². The van der Waals surface area contributed by atoms with Crippen molar-refractivity contribution in [2.45, 2.75) is 39.2 Å². The van der Waals surface area contributed by atoms with Crippen LogP contribution in [0, 0.1) is 5.41 Å². The van der Waals surface area contributed by atoms with Crippen molar-refractivity contribution in [1.29, 1.82) is 0 Å². The van der Waals surface area contributed by atoms with Crippen LogP contribution in [0.3, 0.4) is 0 Å². The van der Waals surface area contributed by atoms with Gasteiger partial charge in [0.15, 0.2) is 0 Å². The van der Waals surface area contributed by atoms with Crippen molar-refractivity contribution in [3.8, 4) is 0 Å². The normalized spacial score (nSPS) is 25.0. The Morgan fingerprint density at radius 3 is 2.68 bits per heavy atom. The van der Waals surface area contributed by atoms with Gasteiger partial charge in [-0.25, -0.2) is 4.98 Å². The molecule has 2 saturated heterocycles. The first kappa shape index (κ1) is 16.8. The lowest BCUT2D eigenvalue weighted by Gasteiger charge is -2.31. The zero-order valence-electron chi connectivity index (χ0n) is 15.4. The molecule has 0 bridgehead atoms. The van der Waals surface area contributed by atoms with Gasteiger partial charge in [-0.2, -0.15) is 0 Å². The number of hydrogen-bond donors (Lipinski definition) is 1. The molecular weight excluding hydrogens is 308 g/mol. The van der Waals surface area contributed by atoms with Crippen LogP contribution >= 0.6 is 0 Å². The lowest BCUT2D eigenvalue weighted by molar-refractivity contribution is 0.274. The highest BCUT2D eigenvalue weighted by atomic mass is 15.2. The fourth-order valence-corrected chi connectivity index (χ4v) is 4.31. The fourth-order valence-electron chi connectivity index (χ4n) is 4.31. The average molecular weight is 338 g/mol. The molecule has 2 aliphatic heterocycles. The van der Waals surface area contributed by atoms with E-state index in [9.17, 15) is 0 Å². The summed E-state index contributed by atoms with van der Waals surface area (Å²) in [6.45, 7) is 8.59. The maximum absolute atomic E-state index is 6.00. The van der Waals surface area contributed by atoms with Gasteiger partial charge in [-0.05, 0) is 56.3 Å². The number of benzene rings is 1. The first-order valence-corrected chi connectivity index (χ1v) is 9.73. The number of anilines is 1. The minimum absolute atomic E-state index is 0.273. The Labute approximate surface area is 151 Å². The second-order valence-corrected chi connectivity index (χ2v) is 8.19. The Balaban J connectivity index is 1.65. The van der Waals surface area contributed by atoms with Crippen LogP contribution < -0.4 is 10.6 Å². The SMILES string of the molecule is CC1(CN)CCN(Cc2cc3ccccc3nc2N2CCCCC2)C1. The second-order valence-electron chi connectivity index (χ2n) is 8.19. The maximum atomic E-state index is 6.00. The molecule has 0 saturated carbocycles. The van der Waals surface area contributed by atoms with E-state index in [1.54, 1.807) is 0 Å². The van der Waals surface area contributed by atoms with Crippen LogP contribution in [0.4, 0.5) is 5.82 Å². The Hall–Kier alpha value is -1.65. The second kappa shape index (κ2) is 6.93. The molecule has 134 valence electrons. The highest BCUT2D eigenvalue weighted by Gasteiger charge is 2.33. The largest absolute Gasteiger partial charge is 0.356 e. The number of para-hydroxylation sites is 1. The number of rotatable bonds is 4. The lowest BCUT2D eigenvalue weighted by atomic mass is 9.90. The summed E-state index contributed by atoms with van der Waals surface area (Å²) < 4.78 is 0. The molecule has 4 heteroatoms. The molecule has 1 atom stereocenters. The Bertz CT molecular complexity index is 738. The molecule has 2 fully saturated rings. The predicted molar refractivity (Wildman–Crippen MR) is 105 cm³/mol. The highest BCUT2D eigenvalue weighted by molar-refractivity contribution is 5.81. The van der Waals surface area contributed by atoms with E-state index in [0.29, 0.717) is 0 Å². The van der Waals surface area contributed by atoms with Crippen LogP contribution in [0.2, 0.25) is 0 Å². The van der Waals surface area contributed by atoms with E-state index in [0.717, 1.165) is 44.8 Å². The van der Waals surface area contributed by atoms with Gasteiger partial charge in [0.25, 0.3) is 0 Å². The van der Waals surface area contributed by atoms with Crippen LogP contribution in [0.5, 0.6) is 0 Å². The third-order valence-corrected chi connectivity index (χ3v) is 5.96. The summed E-state index contributed by atoms with van der Waals surface area (Å²) in [5, 5.41) is 1.25. The van der Waals surface area contributed by atoms with Crippen molar-refractivity contribution >= 4 is 16.7 Å². The van der Waals surface area contributed by atoms with Gasteiger partial charge >= 0.3 is 0 Å². The van der Waals surface area contributed by atoms with Gasteiger partial charge in [0.2, 0.25) is 0 Å². The number of aromatic nitrogens is 1. The fraction of sp³-hybridized carbons (Fsp3) is 0.571. The summed E-state index contributed by atoms with van der Waals surface area (Å²) in [5.74, 6) is 1.21. The van der Waals surface area contributed by atoms with E-state index in [1.807, 2.05) is 0 Å². The van der Waals surface area contributed by atoms with E-state index in [1.165, 1.54) is 42.5 Å². The van der Waals surface area contributed by atoms with Crippen molar-refractivity contribution in [2.24, 2.45) is 11.1 Å². The van der Waals surface area contributed by atoms with E-state index in [2.05, 4.69) is 47.1 Å². The van der Waals surface area contributed by atoms with Crippen molar-refractivity contribution < 1.29 is 0 Å². The zero-order valence-corrected chi connectivity index (χ0v) is 15.4. The smallest absolute Gasteiger partial charge is 0.133 e. The molecule has 0 radical (unpaired) electrons. The van der Waals surface area contributed by atoms with Gasteiger partial charge in [-0.15, -0.1) is 0 Å². The molecule has 4 nitrogen and oxygen atoms in total. The topological polar surface area (TPSA) is 45.4 Å². The molecule has 4 rings (SSSR count). The van der Waals surface area contributed by atoms with Gasteiger partial charge in [-0.3, -0.25) is 4.90 Å². The van der Waals surface area contributed by atoms with E-state index in [4.69, 9.17) is 10.7 Å². The van der Waals surface area contributed by atoms with E-state index >= 15 is 0 Å². The summed E-state index contributed by atoms with van der Waals surface area (Å²) in [6, 6.07) is 10.9. The molecule has 2 aromatic rings. The molecule has 25 heavy (non-hydrogen) atoms. The Morgan fingerprint density at radius 2 is 1.92 bits per heavy atom. The molecule has 0 spiro atoms. The highest BCUT2D eigenvalue weighted by Crippen LogP contribution is 2.32. The van der Waals surface area contributed by atoms with Gasteiger partial charge < -0.3 is 10.6 Å². The number of hydrogen-bond acceptors (Lipinski definition) is 4. The third kappa shape index (κ3) is 3.51.